The molecule has 0 bridgehead atoms. The normalized spacial score (nSPS) is 30.0. The van der Waals surface area contributed by atoms with Gasteiger partial charge in [-0.15, -0.1) is 0 Å². The summed E-state index contributed by atoms with van der Waals surface area (Å²) < 4.78 is 18.1. The molecule has 1 aliphatic rings. The van der Waals surface area contributed by atoms with Crippen LogP contribution < -0.4 is 5.73 Å². The van der Waals surface area contributed by atoms with E-state index in [4.69, 9.17) is 19.9 Å². The van der Waals surface area contributed by atoms with Crippen molar-refractivity contribution in [2.75, 3.05) is 11.5 Å². The monoisotopic (exact) mass is 195 g/mol. The summed E-state index contributed by atoms with van der Waals surface area (Å²) in [4.78, 5) is 10.5. The molecule has 1 aliphatic heterocycles. The van der Waals surface area contributed by atoms with Gasteiger partial charge in [0.25, 0.3) is 0 Å². The Labute approximate surface area is 71.9 Å². The van der Waals surface area contributed by atoms with Crippen LogP contribution in [0.25, 0.3) is 0 Å². The second-order valence-electron chi connectivity index (χ2n) is 3.56. The van der Waals surface area contributed by atoms with Crippen molar-refractivity contribution in [3.63, 3.8) is 0 Å². The first-order valence-corrected chi connectivity index (χ1v) is 5.37. The summed E-state index contributed by atoms with van der Waals surface area (Å²) in [5, 5.41) is 8.57. The number of hydrogen-bond acceptors (Lipinski definition) is 4. The minimum absolute atomic E-state index is 0.105. The maximum atomic E-state index is 10.5. The molecule has 72 valence electrons. The third-order valence-corrected chi connectivity index (χ3v) is 4.38. The van der Waals surface area contributed by atoms with E-state index >= 15 is 0 Å². The number of nitrogens with two attached hydrogens (primary N) is 1. The van der Waals surface area contributed by atoms with Crippen LogP contribution in [0.4, 0.5) is 0 Å². The largest absolute Gasteiger partial charge is 0.480 e. The minimum Gasteiger partial charge on any atom is -0.480 e. The van der Waals surface area contributed by atoms with Crippen molar-refractivity contribution in [2.45, 2.75) is 13.0 Å². The molecule has 0 aliphatic carbocycles. The van der Waals surface area contributed by atoms with E-state index in [0.29, 0.717) is 0 Å². The van der Waals surface area contributed by atoms with Crippen LogP contribution in [0.15, 0.2) is 0 Å². The van der Waals surface area contributed by atoms with Gasteiger partial charge in [-0.2, -0.15) is 10.6 Å². The van der Waals surface area contributed by atoms with Crippen LogP contribution in [-0.4, -0.2) is 37.7 Å². The molecule has 0 aromatic carbocycles. The minimum atomic E-state index is -2.51. The summed E-state index contributed by atoms with van der Waals surface area (Å²) in [7, 11) is -2.51. The lowest BCUT2D eigenvalue weighted by molar-refractivity contribution is -0.141. The smallest absolute Gasteiger partial charge is 0.321 e. The summed E-state index contributed by atoms with van der Waals surface area (Å²) in [6.07, 6.45) is 0. The van der Waals surface area contributed by atoms with E-state index in [2.05, 4.69) is 0 Å². The van der Waals surface area contributed by atoms with Gasteiger partial charge >= 0.3 is 5.97 Å². The van der Waals surface area contributed by atoms with Crippen LogP contribution in [-0.2, 0) is 4.79 Å². The van der Waals surface area contributed by atoms with Crippen molar-refractivity contribution in [2.24, 2.45) is 11.1 Å². The lowest BCUT2D eigenvalue weighted by Gasteiger charge is -2.55. The second kappa shape index (κ2) is 2.59. The van der Waals surface area contributed by atoms with Crippen molar-refractivity contribution in [3.05, 3.63) is 0 Å². The van der Waals surface area contributed by atoms with Gasteiger partial charge in [0.2, 0.25) is 0 Å². The number of carboxylic acid groups (broad SMARTS) is 1. The molecule has 0 amide bonds. The van der Waals surface area contributed by atoms with Gasteiger partial charge < -0.3 is 10.8 Å². The average Bonchev–Trinajstić information content (AvgIpc) is 1.81. The lowest BCUT2D eigenvalue weighted by Crippen LogP contribution is -2.57. The number of carbonyl (C=O) groups is 1. The molecule has 1 rings (SSSR count). The number of rotatable bonds is 2. The lowest BCUT2D eigenvalue weighted by atomic mass is 9.86. The Balaban J connectivity index is 2.60. The van der Waals surface area contributed by atoms with Gasteiger partial charge in [-0.3, -0.25) is 13.9 Å². The standard InChI is InChI=1S/C6H13NO4S/c1-6(4(7)5(8)9)2-12(10,11)3-6/h4,10-11H,2-3,7H2,1H3,(H,8,9). The second-order valence-corrected chi connectivity index (χ2v) is 5.74. The maximum absolute atomic E-state index is 10.5. The van der Waals surface area contributed by atoms with Gasteiger partial charge in [-0.1, -0.05) is 6.92 Å². The third-order valence-electron chi connectivity index (χ3n) is 2.14. The summed E-state index contributed by atoms with van der Waals surface area (Å²) in [6, 6.07) is -1.00. The van der Waals surface area contributed by atoms with Gasteiger partial charge in [0.05, 0.1) is 0 Å². The highest BCUT2D eigenvalue weighted by atomic mass is 32.3. The molecule has 0 spiro atoms. The summed E-state index contributed by atoms with van der Waals surface area (Å²) in [6.45, 7) is 1.66. The molecule has 6 heteroatoms. The molecular weight excluding hydrogens is 182 g/mol. The van der Waals surface area contributed by atoms with Gasteiger partial charge in [-0.25, -0.2) is 0 Å². The Hall–Kier alpha value is -0.300. The van der Waals surface area contributed by atoms with E-state index < -0.39 is 28.0 Å². The molecule has 0 aromatic heterocycles. The molecule has 1 atom stereocenters. The number of hydrogen-bond donors (Lipinski definition) is 4. The fourth-order valence-electron chi connectivity index (χ4n) is 1.49. The summed E-state index contributed by atoms with van der Waals surface area (Å²) in [5.74, 6) is -0.881. The van der Waals surface area contributed by atoms with E-state index in [0.717, 1.165) is 0 Å². The van der Waals surface area contributed by atoms with Crippen LogP contribution >= 0.6 is 10.6 Å². The zero-order valence-electron chi connectivity index (χ0n) is 6.73. The van der Waals surface area contributed by atoms with E-state index in [1.54, 1.807) is 6.92 Å². The molecule has 1 heterocycles. The fraction of sp³-hybridized carbons (Fsp3) is 0.833. The SMILES string of the molecule is CC1(C(N)C(=O)O)CS(O)(O)C1. The molecule has 5 nitrogen and oxygen atoms in total. The van der Waals surface area contributed by atoms with Crippen molar-refractivity contribution in [1.82, 2.24) is 0 Å². The highest BCUT2D eigenvalue weighted by Gasteiger charge is 2.51. The first-order valence-electron chi connectivity index (χ1n) is 3.49. The van der Waals surface area contributed by atoms with Crippen molar-refractivity contribution in [3.8, 4) is 0 Å². The zero-order valence-corrected chi connectivity index (χ0v) is 7.54. The van der Waals surface area contributed by atoms with Crippen molar-refractivity contribution < 1.29 is 19.0 Å². The van der Waals surface area contributed by atoms with E-state index in [-0.39, 0.29) is 11.5 Å². The molecule has 1 fully saturated rings. The van der Waals surface area contributed by atoms with E-state index in [1.165, 1.54) is 0 Å². The van der Waals surface area contributed by atoms with E-state index in [9.17, 15) is 4.79 Å². The molecular formula is C6H13NO4S. The molecule has 5 N–H and O–H groups in total. The Bertz CT molecular complexity index is 210. The molecule has 0 saturated carbocycles. The predicted octanol–water partition coefficient (Wildman–Crippen LogP) is 0.169. The quantitative estimate of drug-likeness (QED) is 0.503. The Kier molecular flexibility index (Phi) is 2.12. The Morgan fingerprint density at radius 2 is 2.00 bits per heavy atom. The fourth-order valence-corrected chi connectivity index (χ4v) is 3.88. The van der Waals surface area contributed by atoms with Gasteiger partial charge in [0.1, 0.15) is 6.04 Å². The molecule has 1 saturated heterocycles. The third kappa shape index (κ3) is 1.56. The van der Waals surface area contributed by atoms with E-state index in [1.807, 2.05) is 0 Å². The van der Waals surface area contributed by atoms with Gasteiger partial charge in [-0.05, 0) is 0 Å². The summed E-state index contributed by atoms with van der Waals surface area (Å²) in [5.41, 5.74) is 4.72. The maximum Gasteiger partial charge on any atom is 0.321 e. The van der Waals surface area contributed by atoms with Crippen LogP contribution in [0.5, 0.6) is 0 Å². The average molecular weight is 195 g/mol. The van der Waals surface area contributed by atoms with Crippen LogP contribution in [0, 0.1) is 5.41 Å². The highest BCUT2D eigenvalue weighted by molar-refractivity contribution is 8.25. The first-order chi connectivity index (χ1) is 5.27. The molecule has 0 aromatic rings. The zero-order chi connectivity index (χ0) is 9.57. The Morgan fingerprint density at radius 3 is 2.25 bits per heavy atom. The number of carboxylic acids is 1. The van der Waals surface area contributed by atoms with Gasteiger partial charge in [0, 0.05) is 16.9 Å². The first kappa shape index (κ1) is 9.79. The van der Waals surface area contributed by atoms with Crippen molar-refractivity contribution in [1.29, 1.82) is 0 Å². The van der Waals surface area contributed by atoms with Crippen LogP contribution in [0.3, 0.4) is 0 Å². The Morgan fingerprint density at radius 1 is 1.58 bits per heavy atom. The van der Waals surface area contributed by atoms with Gasteiger partial charge in [0.15, 0.2) is 0 Å². The molecule has 1 unspecified atom stereocenters. The number of aliphatic carboxylic acids is 1. The highest BCUT2D eigenvalue weighted by Crippen LogP contribution is 2.59. The van der Waals surface area contributed by atoms with Crippen LogP contribution in [0.2, 0.25) is 0 Å². The predicted molar refractivity (Wildman–Crippen MR) is 46.3 cm³/mol. The summed E-state index contributed by atoms with van der Waals surface area (Å²) >= 11 is 0. The molecule has 0 radical (unpaired) electrons. The van der Waals surface area contributed by atoms with Crippen LogP contribution in [0.1, 0.15) is 6.92 Å². The van der Waals surface area contributed by atoms with Crippen molar-refractivity contribution >= 4 is 16.6 Å². The molecule has 12 heavy (non-hydrogen) atoms. The topological polar surface area (TPSA) is 104 Å².